The van der Waals surface area contributed by atoms with Crippen molar-refractivity contribution in [2.45, 2.75) is 57.6 Å². The molecule has 0 saturated heterocycles. The van der Waals surface area contributed by atoms with Gasteiger partial charge in [-0.25, -0.2) is 8.42 Å². The number of carbonyl (C=O) groups is 2. The summed E-state index contributed by atoms with van der Waals surface area (Å²) < 4.78 is 34.3. The van der Waals surface area contributed by atoms with Crippen molar-refractivity contribution in [1.82, 2.24) is 10.2 Å². The number of sulfonamides is 1. The Kier molecular flexibility index (Phi) is 9.87. The Morgan fingerprint density at radius 3 is 2.20 bits per heavy atom. The second kappa shape index (κ2) is 12.7. The molecule has 3 aromatic rings. The normalized spacial score (nSPS) is 12.4. The maximum atomic E-state index is 14.0. The van der Waals surface area contributed by atoms with Gasteiger partial charge in [-0.05, 0) is 70.5 Å². The smallest absolute Gasteiger partial charge is 0.264 e. The molecule has 8 nitrogen and oxygen atoms in total. The van der Waals surface area contributed by atoms with Crippen molar-refractivity contribution in [3.8, 4) is 5.75 Å². The number of hydrogen-bond acceptors (Lipinski definition) is 5. The zero-order valence-corrected chi connectivity index (χ0v) is 25.2. The first-order valence-corrected chi connectivity index (χ1v) is 14.6. The third-order valence-corrected chi connectivity index (χ3v) is 8.17. The molecule has 40 heavy (non-hydrogen) atoms. The third kappa shape index (κ3) is 7.76. The molecule has 0 unspecified atom stereocenters. The highest BCUT2D eigenvalue weighted by Gasteiger charge is 2.34. The summed E-state index contributed by atoms with van der Waals surface area (Å²) in [7, 11) is -2.83. The van der Waals surface area contributed by atoms with Crippen molar-refractivity contribution in [2.75, 3.05) is 18.0 Å². The SMILES string of the molecule is COc1ccc(Cl)cc1N(CC(=O)N(Cc1ccc(C)cc1)[C@H](C)C(=O)NC(C)(C)C)S(=O)(=O)c1ccccc1. The van der Waals surface area contributed by atoms with Gasteiger partial charge in [-0.2, -0.15) is 0 Å². The molecule has 0 spiro atoms. The molecule has 0 radical (unpaired) electrons. The van der Waals surface area contributed by atoms with E-state index in [2.05, 4.69) is 5.32 Å². The summed E-state index contributed by atoms with van der Waals surface area (Å²) in [6.07, 6.45) is 0. The Hall–Kier alpha value is -3.56. The lowest BCUT2D eigenvalue weighted by Crippen LogP contribution is -2.54. The van der Waals surface area contributed by atoms with Crippen molar-refractivity contribution in [1.29, 1.82) is 0 Å². The predicted octanol–water partition coefficient (Wildman–Crippen LogP) is 5.18. The summed E-state index contributed by atoms with van der Waals surface area (Å²) in [4.78, 5) is 28.6. The average molecular weight is 586 g/mol. The molecule has 0 aromatic heterocycles. The second-order valence-corrected chi connectivity index (χ2v) is 12.9. The summed E-state index contributed by atoms with van der Waals surface area (Å²) in [5.74, 6) is -0.704. The average Bonchev–Trinajstić information content (AvgIpc) is 2.90. The van der Waals surface area contributed by atoms with Crippen LogP contribution in [0.3, 0.4) is 0 Å². The molecule has 0 aliphatic rings. The van der Waals surface area contributed by atoms with Crippen LogP contribution in [-0.4, -0.2) is 50.4 Å². The van der Waals surface area contributed by atoms with Crippen LogP contribution in [0.4, 0.5) is 5.69 Å². The van der Waals surface area contributed by atoms with E-state index < -0.39 is 34.1 Å². The number of amides is 2. The number of benzene rings is 3. The van der Waals surface area contributed by atoms with Gasteiger partial charge in [0.2, 0.25) is 11.8 Å². The number of nitrogens with one attached hydrogen (secondary N) is 1. The molecule has 0 aliphatic heterocycles. The molecule has 3 aromatic carbocycles. The van der Waals surface area contributed by atoms with E-state index in [0.717, 1.165) is 15.4 Å². The lowest BCUT2D eigenvalue weighted by atomic mass is 10.1. The minimum atomic E-state index is -4.24. The number of anilines is 1. The Labute approximate surface area is 241 Å². The van der Waals surface area contributed by atoms with Crippen molar-refractivity contribution in [3.05, 3.63) is 88.9 Å². The molecular formula is C30H36ClN3O5S. The largest absolute Gasteiger partial charge is 0.495 e. The Balaban J connectivity index is 2.09. The zero-order chi connectivity index (χ0) is 29.7. The first-order chi connectivity index (χ1) is 18.7. The molecule has 1 N–H and O–H groups in total. The van der Waals surface area contributed by atoms with Gasteiger partial charge in [0.15, 0.2) is 0 Å². The first kappa shape index (κ1) is 31.0. The quantitative estimate of drug-likeness (QED) is 0.353. The summed E-state index contributed by atoms with van der Waals surface area (Å²) in [5.41, 5.74) is 1.43. The summed E-state index contributed by atoms with van der Waals surface area (Å²) >= 11 is 6.26. The molecule has 0 saturated carbocycles. The first-order valence-electron chi connectivity index (χ1n) is 12.8. The van der Waals surface area contributed by atoms with E-state index in [0.29, 0.717) is 0 Å². The van der Waals surface area contributed by atoms with Crippen LogP contribution in [0.1, 0.15) is 38.8 Å². The number of nitrogens with zero attached hydrogens (tertiary/aromatic N) is 2. The van der Waals surface area contributed by atoms with Crippen molar-refractivity contribution < 1.29 is 22.7 Å². The van der Waals surface area contributed by atoms with Crippen LogP contribution in [0.2, 0.25) is 5.02 Å². The number of rotatable bonds is 10. The molecule has 10 heteroatoms. The van der Waals surface area contributed by atoms with Crippen LogP contribution in [0.5, 0.6) is 5.75 Å². The number of ether oxygens (including phenoxy) is 1. The minimum absolute atomic E-state index is 0.00608. The number of halogens is 1. The number of carbonyl (C=O) groups excluding carboxylic acids is 2. The maximum absolute atomic E-state index is 14.0. The number of methoxy groups -OCH3 is 1. The molecule has 0 aliphatic carbocycles. The van der Waals surface area contributed by atoms with Gasteiger partial charge in [-0.1, -0.05) is 59.6 Å². The highest BCUT2D eigenvalue weighted by Crippen LogP contribution is 2.35. The van der Waals surface area contributed by atoms with Gasteiger partial charge in [-0.3, -0.25) is 13.9 Å². The maximum Gasteiger partial charge on any atom is 0.264 e. The van der Waals surface area contributed by atoms with Gasteiger partial charge >= 0.3 is 0 Å². The highest BCUT2D eigenvalue weighted by atomic mass is 35.5. The molecular weight excluding hydrogens is 550 g/mol. The monoisotopic (exact) mass is 585 g/mol. The molecule has 0 bridgehead atoms. The summed E-state index contributed by atoms with van der Waals surface area (Å²) in [6, 6.07) is 19.1. The van der Waals surface area contributed by atoms with Crippen LogP contribution >= 0.6 is 11.6 Å². The van der Waals surface area contributed by atoms with Gasteiger partial charge in [0, 0.05) is 17.1 Å². The minimum Gasteiger partial charge on any atom is -0.495 e. The van der Waals surface area contributed by atoms with Crippen LogP contribution in [0.15, 0.2) is 77.7 Å². The zero-order valence-electron chi connectivity index (χ0n) is 23.6. The van der Waals surface area contributed by atoms with Crippen LogP contribution < -0.4 is 14.4 Å². The number of aryl methyl sites for hydroxylation is 1. The second-order valence-electron chi connectivity index (χ2n) is 10.6. The van der Waals surface area contributed by atoms with Crippen LogP contribution in [0.25, 0.3) is 0 Å². The Morgan fingerprint density at radius 1 is 1.00 bits per heavy atom. The van der Waals surface area contributed by atoms with Gasteiger partial charge in [-0.15, -0.1) is 0 Å². The predicted molar refractivity (Wildman–Crippen MR) is 158 cm³/mol. The van der Waals surface area contributed by atoms with Gasteiger partial charge < -0.3 is 15.0 Å². The third-order valence-electron chi connectivity index (χ3n) is 6.16. The van der Waals surface area contributed by atoms with Crippen molar-refractivity contribution in [3.63, 3.8) is 0 Å². The van der Waals surface area contributed by atoms with Crippen LogP contribution in [0, 0.1) is 6.92 Å². The molecule has 214 valence electrons. The molecule has 0 fully saturated rings. The Bertz CT molecular complexity index is 1440. The lowest BCUT2D eigenvalue weighted by molar-refractivity contribution is -0.140. The van der Waals surface area contributed by atoms with Crippen LogP contribution in [-0.2, 0) is 26.2 Å². The Morgan fingerprint density at radius 2 is 1.62 bits per heavy atom. The molecule has 3 rings (SSSR count). The van der Waals surface area contributed by atoms with E-state index in [1.54, 1.807) is 37.3 Å². The molecule has 0 heterocycles. The van der Waals surface area contributed by atoms with E-state index in [1.165, 1.54) is 30.2 Å². The van der Waals surface area contributed by atoms with Crippen molar-refractivity contribution in [2.24, 2.45) is 0 Å². The van der Waals surface area contributed by atoms with Gasteiger partial charge in [0.1, 0.15) is 18.3 Å². The van der Waals surface area contributed by atoms with E-state index in [-0.39, 0.29) is 33.8 Å². The standard InChI is InChI=1S/C30H36ClN3O5S/c1-21-12-14-23(15-13-21)19-33(22(2)29(36)32-30(3,4)5)28(35)20-34(26-18-24(31)16-17-27(26)39-6)40(37,38)25-10-8-7-9-11-25/h7-18,22H,19-20H2,1-6H3,(H,32,36)/t22-/m1/s1. The molecule has 1 atom stereocenters. The van der Waals surface area contributed by atoms with Gasteiger partial charge in [0.05, 0.1) is 17.7 Å². The summed E-state index contributed by atoms with van der Waals surface area (Å²) in [5, 5.41) is 3.18. The van der Waals surface area contributed by atoms with Gasteiger partial charge in [0.25, 0.3) is 10.0 Å². The van der Waals surface area contributed by atoms with E-state index >= 15 is 0 Å². The van der Waals surface area contributed by atoms with E-state index in [4.69, 9.17) is 16.3 Å². The fourth-order valence-corrected chi connectivity index (χ4v) is 5.64. The molecule has 2 amide bonds. The topological polar surface area (TPSA) is 96.0 Å². The summed E-state index contributed by atoms with van der Waals surface area (Å²) in [6.45, 7) is 8.65. The van der Waals surface area contributed by atoms with E-state index in [9.17, 15) is 18.0 Å². The lowest BCUT2D eigenvalue weighted by Gasteiger charge is -2.33. The fraction of sp³-hybridized carbons (Fsp3) is 0.333. The van der Waals surface area contributed by atoms with E-state index in [1.807, 2.05) is 52.0 Å². The highest BCUT2D eigenvalue weighted by molar-refractivity contribution is 7.92. The number of hydrogen-bond donors (Lipinski definition) is 1. The fourth-order valence-electron chi connectivity index (χ4n) is 4.04. The van der Waals surface area contributed by atoms with Crippen molar-refractivity contribution >= 4 is 39.1 Å².